The smallest absolute Gasteiger partial charge is 0.230 e. The molecular weight excluding hydrogens is 338 g/mol. The summed E-state index contributed by atoms with van der Waals surface area (Å²) in [7, 11) is 0. The third kappa shape index (κ3) is 6.68. The number of nitrogens with one attached hydrogen (secondary N) is 1. The first kappa shape index (κ1) is 17.1. The van der Waals surface area contributed by atoms with Crippen molar-refractivity contribution in [2.45, 2.75) is 10.9 Å². The predicted octanol–water partition coefficient (Wildman–Crippen LogP) is 3.27. The van der Waals surface area contributed by atoms with Gasteiger partial charge in [-0.05, 0) is 23.8 Å². The minimum Gasteiger partial charge on any atom is -0.355 e. The molecule has 1 N–H and O–H groups in total. The summed E-state index contributed by atoms with van der Waals surface area (Å²) in [4.78, 5) is 19.8. The van der Waals surface area contributed by atoms with E-state index in [1.165, 1.54) is 17.3 Å². The Hall–Kier alpha value is -1.24. The van der Waals surface area contributed by atoms with Crippen molar-refractivity contribution in [1.82, 2.24) is 15.3 Å². The molecule has 0 atom stereocenters. The maximum Gasteiger partial charge on any atom is 0.230 e. The van der Waals surface area contributed by atoms with E-state index in [2.05, 4.69) is 15.3 Å². The molecule has 2 rings (SSSR count). The highest BCUT2D eigenvalue weighted by Crippen LogP contribution is 2.15. The molecule has 116 valence electrons. The van der Waals surface area contributed by atoms with Crippen LogP contribution < -0.4 is 5.32 Å². The van der Waals surface area contributed by atoms with E-state index < -0.39 is 0 Å². The molecule has 7 heteroatoms. The summed E-state index contributed by atoms with van der Waals surface area (Å²) in [5.41, 5.74) is 1.23. The number of thioether (sulfide) groups is 2. The first-order valence-corrected chi connectivity index (χ1v) is 9.24. The number of halogens is 1. The number of nitrogens with zero attached hydrogens (tertiary/aromatic N) is 2. The summed E-state index contributed by atoms with van der Waals surface area (Å²) in [6, 6.07) is 9.57. The maximum absolute atomic E-state index is 11.7. The number of hydrogen-bond acceptors (Lipinski definition) is 5. The number of hydrogen-bond donors (Lipinski definition) is 1. The third-order valence-corrected chi connectivity index (χ3v) is 4.78. The van der Waals surface area contributed by atoms with Crippen molar-refractivity contribution >= 4 is 41.0 Å². The Balaban J connectivity index is 1.54. The highest BCUT2D eigenvalue weighted by molar-refractivity contribution is 7.99. The van der Waals surface area contributed by atoms with Crippen molar-refractivity contribution in [3.05, 3.63) is 53.3 Å². The van der Waals surface area contributed by atoms with E-state index in [0.717, 1.165) is 16.5 Å². The minimum atomic E-state index is 0.00421. The Bertz CT molecular complexity index is 581. The van der Waals surface area contributed by atoms with Crippen LogP contribution in [0.25, 0.3) is 0 Å². The first-order chi connectivity index (χ1) is 10.7. The lowest BCUT2D eigenvalue weighted by molar-refractivity contribution is -0.118. The lowest BCUT2D eigenvalue weighted by Gasteiger charge is -2.05. The van der Waals surface area contributed by atoms with E-state index in [1.54, 1.807) is 30.2 Å². The first-order valence-electron chi connectivity index (χ1n) is 6.73. The van der Waals surface area contributed by atoms with Gasteiger partial charge in [0, 0.05) is 35.5 Å². The normalized spacial score (nSPS) is 10.4. The Morgan fingerprint density at radius 3 is 2.64 bits per heavy atom. The van der Waals surface area contributed by atoms with Crippen molar-refractivity contribution in [2.24, 2.45) is 0 Å². The zero-order valence-corrected chi connectivity index (χ0v) is 14.3. The van der Waals surface area contributed by atoms with Crippen LogP contribution in [0.15, 0.2) is 47.9 Å². The molecule has 0 saturated carbocycles. The monoisotopic (exact) mass is 353 g/mol. The van der Waals surface area contributed by atoms with Gasteiger partial charge in [-0.2, -0.15) is 11.8 Å². The summed E-state index contributed by atoms with van der Waals surface area (Å²) < 4.78 is 0. The number of carbonyl (C=O) groups excluding carboxylic acids is 1. The summed E-state index contributed by atoms with van der Waals surface area (Å²) >= 11 is 8.96. The fourth-order valence-electron chi connectivity index (χ4n) is 1.57. The summed E-state index contributed by atoms with van der Waals surface area (Å²) in [5.74, 6) is 2.14. The number of rotatable bonds is 8. The molecule has 0 bridgehead atoms. The van der Waals surface area contributed by atoms with Crippen LogP contribution in [-0.2, 0) is 10.5 Å². The summed E-state index contributed by atoms with van der Waals surface area (Å²) in [6.45, 7) is 0.660. The Kier molecular flexibility index (Phi) is 7.56. The van der Waals surface area contributed by atoms with E-state index >= 15 is 0 Å². The molecule has 2 aromatic rings. The van der Waals surface area contributed by atoms with Crippen molar-refractivity contribution in [1.29, 1.82) is 0 Å². The minimum absolute atomic E-state index is 0.00421. The highest BCUT2D eigenvalue weighted by Gasteiger charge is 2.03. The molecule has 0 fully saturated rings. The molecule has 0 aliphatic heterocycles. The van der Waals surface area contributed by atoms with Gasteiger partial charge in [0.15, 0.2) is 5.16 Å². The standard InChI is InChI=1S/C15H16ClN3OS2/c16-13-4-2-12(3-5-13)10-21-9-8-17-14(20)11-22-15-18-6-1-7-19-15/h1-7H,8-11H2,(H,17,20). The molecule has 0 aliphatic rings. The lowest BCUT2D eigenvalue weighted by atomic mass is 10.2. The number of aromatic nitrogens is 2. The zero-order valence-electron chi connectivity index (χ0n) is 11.9. The molecule has 4 nitrogen and oxygen atoms in total. The zero-order chi connectivity index (χ0) is 15.6. The predicted molar refractivity (Wildman–Crippen MR) is 93.4 cm³/mol. The van der Waals surface area contributed by atoms with Crippen LogP contribution in [0.4, 0.5) is 0 Å². The average Bonchev–Trinajstić information content (AvgIpc) is 2.55. The van der Waals surface area contributed by atoms with Gasteiger partial charge >= 0.3 is 0 Å². The van der Waals surface area contributed by atoms with Crippen molar-refractivity contribution in [3.8, 4) is 0 Å². The van der Waals surface area contributed by atoms with Crippen molar-refractivity contribution in [2.75, 3.05) is 18.1 Å². The highest BCUT2D eigenvalue weighted by atomic mass is 35.5. The molecule has 1 heterocycles. The van der Waals surface area contributed by atoms with Gasteiger partial charge < -0.3 is 5.32 Å². The molecule has 1 amide bonds. The molecule has 0 spiro atoms. The largest absolute Gasteiger partial charge is 0.355 e. The third-order valence-electron chi connectivity index (χ3n) is 2.63. The maximum atomic E-state index is 11.7. The van der Waals surface area contributed by atoms with E-state index in [0.29, 0.717) is 17.5 Å². The number of benzene rings is 1. The fraction of sp³-hybridized carbons (Fsp3) is 0.267. The van der Waals surface area contributed by atoms with Gasteiger partial charge in [-0.15, -0.1) is 0 Å². The van der Waals surface area contributed by atoms with Crippen LogP contribution in [-0.4, -0.2) is 33.9 Å². The molecule has 0 saturated heterocycles. The van der Waals surface area contributed by atoms with E-state index in [9.17, 15) is 4.79 Å². The van der Waals surface area contributed by atoms with Gasteiger partial charge in [-0.1, -0.05) is 35.5 Å². The topological polar surface area (TPSA) is 54.9 Å². The van der Waals surface area contributed by atoms with Crippen LogP contribution >= 0.6 is 35.1 Å². The van der Waals surface area contributed by atoms with Gasteiger partial charge in [-0.3, -0.25) is 4.79 Å². The number of carbonyl (C=O) groups is 1. The van der Waals surface area contributed by atoms with Crippen LogP contribution in [0.2, 0.25) is 5.02 Å². The fourth-order valence-corrected chi connectivity index (χ4v) is 3.15. The van der Waals surface area contributed by atoms with Crippen molar-refractivity contribution in [3.63, 3.8) is 0 Å². The van der Waals surface area contributed by atoms with Gasteiger partial charge in [0.25, 0.3) is 0 Å². The second-order valence-corrected chi connectivity index (χ2v) is 6.83. The van der Waals surface area contributed by atoms with Crippen molar-refractivity contribution < 1.29 is 4.79 Å². The lowest BCUT2D eigenvalue weighted by Crippen LogP contribution is -2.27. The Morgan fingerprint density at radius 2 is 1.91 bits per heavy atom. The second-order valence-electron chi connectivity index (χ2n) is 4.35. The van der Waals surface area contributed by atoms with E-state index in [-0.39, 0.29) is 5.91 Å². The van der Waals surface area contributed by atoms with Gasteiger partial charge in [-0.25, -0.2) is 9.97 Å². The van der Waals surface area contributed by atoms with Gasteiger partial charge in [0.2, 0.25) is 5.91 Å². The van der Waals surface area contributed by atoms with E-state index in [1.807, 2.05) is 24.3 Å². The molecule has 1 aromatic carbocycles. The molecule has 1 aromatic heterocycles. The molecule has 0 radical (unpaired) electrons. The Labute approximate surface area is 143 Å². The SMILES string of the molecule is O=C(CSc1ncccn1)NCCSCc1ccc(Cl)cc1. The molecule has 0 aliphatic carbocycles. The number of amides is 1. The molecule has 22 heavy (non-hydrogen) atoms. The summed E-state index contributed by atoms with van der Waals surface area (Å²) in [5, 5.41) is 4.26. The van der Waals surface area contributed by atoms with Gasteiger partial charge in [0.1, 0.15) is 0 Å². The van der Waals surface area contributed by atoms with Crippen LogP contribution in [0.5, 0.6) is 0 Å². The second kappa shape index (κ2) is 9.71. The van der Waals surface area contributed by atoms with Gasteiger partial charge in [0.05, 0.1) is 5.75 Å². The average molecular weight is 354 g/mol. The molecule has 0 unspecified atom stereocenters. The van der Waals surface area contributed by atoms with E-state index in [4.69, 9.17) is 11.6 Å². The Morgan fingerprint density at radius 1 is 1.18 bits per heavy atom. The summed E-state index contributed by atoms with van der Waals surface area (Å²) in [6.07, 6.45) is 3.33. The quantitative estimate of drug-likeness (QED) is 0.448. The van der Waals surface area contributed by atoms with Crippen LogP contribution in [0.1, 0.15) is 5.56 Å². The molecular formula is C15H16ClN3OS2. The van der Waals surface area contributed by atoms with Crippen LogP contribution in [0, 0.1) is 0 Å². The van der Waals surface area contributed by atoms with Crippen LogP contribution in [0.3, 0.4) is 0 Å².